The molecule has 0 saturated carbocycles. The van der Waals surface area contributed by atoms with Gasteiger partial charge < -0.3 is 10.5 Å². The van der Waals surface area contributed by atoms with Crippen molar-refractivity contribution in [2.24, 2.45) is 0 Å². The summed E-state index contributed by atoms with van der Waals surface area (Å²) in [5.74, 6) is -0.368. The van der Waals surface area contributed by atoms with Gasteiger partial charge in [-0.2, -0.15) is 18.2 Å². The molecule has 1 aliphatic heterocycles. The van der Waals surface area contributed by atoms with E-state index >= 15 is 0 Å². The van der Waals surface area contributed by atoms with Crippen LogP contribution in [0.5, 0.6) is 6.01 Å². The second kappa shape index (κ2) is 2.79. The van der Waals surface area contributed by atoms with Crippen LogP contribution in [0.25, 0.3) is 0 Å². The zero-order valence-electron chi connectivity index (χ0n) is 7.14. The van der Waals surface area contributed by atoms with Gasteiger partial charge in [-0.25, -0.2) is 0 Å². The number of anilines is 1. The van der Waals surface area contributed by atoms with Gasteiger partial charge in [-0.1, -0.05) is 0 Å². The molecule has 14 heavy (non-hydrogen) atoms. The molecule has 0 bridgehead atoms. The molecule has 1 aromatic heterocycles. The summed E-state index contributed by atoms with van der Waals surface area (Å²) in [5, 5.41) is 0. The van der Waals surface area contributed by atoms with E-state index in [9.17, 15) is 13.2 Å². The Balaban J connectivity index is 2.49. The van der Waals surface area contributed by atoms with Crippen LogP contribution in [0.1, 0.15) is 12.1 Å². The Morgan fingerprint density at radius 1 is 1.43 bits per heavy atom. The highest BCUT2D eigenvalue weighted by Gasteiger charge is 2.39. The number of hydrogen-bond acceptors (Lipinski definition) is 3. The van der Waals surface area contributed by atoms with Crippen molar-refractivity contribution < 1.29 is 17.9 Å². The lowest BCUT2D eigenvalue weighted by Gasteiger charge is -2.14. The Bertz CT molecular complexity index is 358. The third-order valence-electron chi connectivity index (χ3n) is 2.00. The molecule has 0 radical (unpaired) electrons. The van der Waals surface area contributed by atoms with Gasteiger partial charge in [0, 0.05) is 6.54 Å². The molecule has 0 spiro atoms. The Morgan fingerprint density at radius 3 is 2.71 bits per heavy atom. The number of ether oxygens (including phenoxy) is 1. The maximum atomic E-state index is 12.3. The Kier molecular flexibility index (Phi) is 1.83. The summed E-state index contributed by atoms with van der Waals surface area (Å²) in [6, 6.07) is -0.0407. The van der Waals surface area contributed by atoms with Crippen LogP contribution in [0.4, 0.5) is 19.0 Å². The van der Waals surface area contributed by atoms with Gasteiger partial charge in [-0.15, -0.1) is 0 Å². The highest BCUT2D eigenvalue weighted by molar-refractivity contribution is 5.42. The highest BCUT2D eigenvalue weighted by atomic mass is 19.4. The maximum Gasteiger partial charge on any atom is 0.437 e. The number of nitrogens with zero attached hydrogens (tertiary/aromatic N) is 2. The minimum Gasteiger partial charge on any atom is -0.465 e. The molecule has 2 rings (SSSR count). The van der Waals surface area contributed by atoms with Crippen molar-refractivity contribution in [3.05, 3.63) is 5.69 Å². The van der Waals surface area contributed by atoms with E-state index in [1.165, 1.54) is 4.57 Å². The Morgan fingerprint density at radius 2 is 2.14 bits per heavy atom. The number of nitrogens with two attached hydrogens (primary N) is 1. The van der Waals surface area contributed by atoms with Crippen molar-refractivity contribution in [3.8, 4) is 6.01 Å². The second-order valence-corrected chi connectivity index (χ2v) is 2.98. The molecule has 2 N–H and O–H groups in total. The van der Waals surface area contributed by atoms with Gasteiger partial charge in [0.25, 0.3) is 6.01 Å². The molecule has 1 aromatic rings. The fourth-order valence-corrected chi connectivity index (χ4v) is 1.37. The summed E-state index contributed by atoms with van der Waals surface area (Å²) >= 11 is 0. The van der Waals surface area contributed by atoms with Crippen molar-refractivity contribution in [2.75, 3.05) is 12.3 Å². The van der Waals surface area contributed by atoms with Crippen molar-refractivity contribution >= 4 is 5.82 Å². The molecular weight excluding hydrogens is 199 g/mol. The molecule has 0 saturated heterocycles. The number of nitrogen functional groups attached to an aromatic ring is 1. The summed E-state index contributed by atoms with van der Waals surface area (Å²) in [5.41, 5.74) is 4.25. The van der Waals surface area contributed by atoms with E-state index in [1.807, 2.05) is 0 Å². The minimum atomic E-state index is -4.52. The SMILES string of the molecule is Nc1c(C(F)(F)F)nc2n1CCCO2. The van der Waals surface area contributed by atoms with E-state index < -0.39 is 11.9 Å². The van der Waals surface area contributed by atoms with E-state index in [-0.39, 0.29) is 11.8 Å². The van der Waals surface area contributed by atoms with Crippen LogP contribution in [-0.4, -0.2) is 16.2 Å². The molecular formula is C7H8F3N3O. The quantitative estimate of drug-likeness (QED) is 0.696. The van der Waals surface area contributed by atoms with E-state index in [1.54, 1.807) is 0 Å². The predicted octanol–water partition coefficient (Wildman–Crippen LogP) is 1.27. The van der Waals surface area contributed by atoms with Crippen molar-refractivity contribution in [1.29, 1.82) is 0 Å². The standard InChI is InChI=1S/C7H8F3N3O/c8-7(9,10)4-5(11)13-2-1-3-14-6(13)12-4/h1-3,11H2. The third-order valence-corrected chi connectivity index (χ3v) is 2.00. The first-order valence-corrected chi connectivity index (χ1v) is 4.06. The van der Waals surface area contributed by atoms with Crippen molar-refractivity contribution in [2.45, 2.75) is 19.1 Å². The van der Waals surface area contributed by atoms with E-state index in [0.29, 0.717) is 19.6 Å². The van der Waals surface area contributed by atoms with Crippen molar-refractivity contribution in [1.82, 2.24) is 9.55 Å². The molecule has 4 nitrogen and oxygen atoms in total. The lowest BCUT2D eigenvalue weighted by atomic mass is 10.4. The molecule has 1 aliphatic rings. The Labute approximate surface area is 77.5 Å². The number of hydrogen-bond donors (Lipinski definition) is 1. The van der Waals surface area contributed by atoms with E-state index in [4.69, 9.17) is 10.5 Å². The van der Waals surface area contributed by atoms with E-state index in [0.717, 1.165) is 0 Å². The number of aromatic nitrogens is 2. The normalized spacial score (nSPS) is 16.2. The average molecular weight is 207 g/mol. The number of alkyl halides is 3. The van der Waals surface area contributed by atoms with Crippen LogP contribution >= 0.6 is 0 Å². The first-order valence-electron chi connectivity index (χ1n) is 4.06. The molecule has 2 heterocycles. The summed E-state index contributed by atoms with van der Waals surface area (Å²) in [4.78, 5) is 3.31. The van der Waals surface area contributed by atoms with Gasteiger partial charge >= 0.3 is 6.18 Å². The van der Waals surface area contributed by atoms with Gasteiger partial charge in [0.2, 0.25) is 0 Å². The number of rotatable bonds is 0. The molecule has 0 aliphatic carbocycles. The van der Waals surface area contributed by atoms with Crippen LogP contribution in [-0.2, 0) is 12.7 Å². The molecule has 78 valence electrons. The molecule has 7 heteroatoms. The molecule has 0 unspecified atom stereocenters. The second-order valence-electron chi connectivity index (χ2n) is 2.98. The minimum absolute atomic E-state index is 0.0407. The lowest BCUT2D eigenvalue weighted by molar-refractivity contribution is -0.140. The monoisotopic (exact) mass is 207 g/mol. The van der Waals surface area contributed by atoms with Crippen LogP contribution in [0, 0.1) is 0 Å². The zero-order valence-corrected chi connectivity index (χ0v) is 7.14. The first-order chi connectivity index (χ1) is 6.50. The zero-order chi connectivity index (χ0) is 10.3. The van der Waals surface area contributed by atoms with Gasteiger partial charge in [-0.3, -0.25) is 4.57 Å². The molecule has 0 amide bonds. The predicted molar refractivity (Wildman–Crippen MR) is 41.8 cm³/mol. The third kappa shape index (κ3) is 1.28. The smallest absolute Gasteiger partial charge is 0.437 e. The average Bonchev–Trinajstić information content (AvgIpc) is 2.44. The fraction of sp³-hybridized carbons (Fsp3) is 0.571. The lowest BCUT2D eigenvalue weighted by Crippen LogP contribution is -2.16. The summed E-state index contributed by atoms with van der Waals surface area (Å²) in [7, 11) is 0. The maximum absolute atomic E-state index is 12.3. The Hall–Kier alpha value is -1.40. The first kappa shape index (κ1) is 9.17. The van der Waals surface area contributed by atoms with Crippen LogP contribution in [0.3, 0.4) is 0 Å². The van der Waals surface area contributed by atoms with Crippen LogP contribution < -0.4 is 10.5 Å². The van der Waals surface area contributed by atoms with Gasteiger partial charge in [0.05, 0.1) is 6.61 Å². The highest BCUT2D eigenvalue weighted by Crippen LogP contribution is 2.36. The fourth-order valence-electron chi connectivity index (χ4n) is 1.37. The van der Waals surface area contributed by atoms with Crippen LogP contribution in [0.15, 0.2) is 0 Å². The summed E-state index contributed by atoms with van der Waals surface area (Å²) in [6.45, 7) is 0.804. The molecule has 0 aromatic carbocycles. The van der Waals surface area contributed by atoms with Gasteiger partial charge in [0.1, 0.15) is 5.82 Å². The number of fused-ring (bicyclic) bond motifs is 1. The van der Waals surface area contributed by atoms with Gasteiger partial charge in [0.15, 0.2) is 5.69 Å². The van der Waals surface area contributed by atoms with E-state index in [2.05, 4.69) is 4.98 Å². The summed E-state index contributed by atoms with van der Waals surface area (Å²) < 4.78 is 43.2. The number of halogens is 3. The summed E-state index contributed by atoms with van der Waals surface area (Å²) in [6.07, 6.45) is -3.87. The van der Waals surface area contributed by atoms with Crippen LogP contribution in [0.2, 0.25) is 0 Å². The molecule has 0 fully saturated rings. The topological polar surface area (TPSA) is 53.1 Å². The van der Waals surface area contributed by atoms with Crippen molar-refractivity contribution in [3.63, 3.8) is 0 Å². The largest absolute Gasteiger partial charge is 0.465 e. The van der Waals surface area contributed by atoms with Gasteiger partial charge in [-0.05, 0) is 6.42 Å². The number of imidazole rings is 1. The molecule has 0 atom stereocenters.